The van der Waals surface area contributed by atoms with Gasteiger partial charge >= 0.3 is 0 Å². The van der Waals surface area contributed by atoms with Gasteiger partial charge in [0, 0.05) is 19.5 Å². The second kappa shape index (κ2) is 7.43. The van der Waals surface area contributed by atoms with E-state index in [2.05, 4.69) is 12.2 Å². The van der Waals surface area contributed by atoms with E-state index in [0.717, 1.165) is 50.8 Å². The van der Waals surface area contributed by atoms with Gasteiger partial charge in [0.2, 0.25) is 17.7 Å². The van der Waals surface area contributed by atoms with Crippen LogP contribution in [0.1, 0.15) is 37.7 Å². The van der Waals surface area contributed by atoms with Crippen molar-refractivity contribution in [2.75, 3.05) is 13.1 Å². The number of fused-ring (bicyclic) bond motifs is 5. The van der Waals surface area contributed by atoms with Gasteiger partial charge in [-0.15, -0.1) is 0 Å². The zero-order chi connectivity index (χ0) is 20.0. The summed E-state index contributed by atoms with van der Waals surface area (Å²) in [5.41, 5.74) is 0.986. The van der Waals surface area contributed by atoms with E-state index in [9.17, 15) is 14.4 Å². The molecule has 2 saturated heterocycles. The van der Waals surface area contributed by atoms with Crippen LogP contribution in [0, 0.1) is 23.7 Å². The van der Waals surface area contributed by atoms with Crippen LogP contribution in [0.3, 0.4) is 0 Å². The molecule has 0 radical (unpaired) electrons. The lowest BCUT2D eigenvalue weighted by Gasteiger charge is -2.32. The number of likely N-dealkylation sites (tertiary alicyclic amines) is 2. The lowest BCUT2D eigenvalue weighted by molar-refractivity contribution is -0.152. The SMILES string of the molecule is O=C([C@H](Cc1ccccc1)N1C(=O)[C@@H]2[C@H](C1=O)[C@H]1C=C[C@H]2C1)N1CCCCCC1. The maximum absolute atomic E-state index is 13.6. The van der Waals surface area contributed by atoms with Gasteiger partial charge in [-0.05, 0) is 36.7 Å². The van der Waals surface area contributed by atoms with Gasteiger partial charge in [-0.2, -0.15) is 0 Å². The van der Waals surface area contributed by atoms with Gasteiger partial charge in [-0.1, -0.05) is 55.3 Å². The highest BCUT2D eigenvalue weighted by Gasteiger charge is 2.61. The topological polar surface area (TPSA) is 57.7 Å². The van der Waals surface area contributed by atoms with E-state index >= 15 is 0 Å². The molecule has 3 fully saturated rings. The highest BCUT2D eigenvalue weighted by molar-refractivity contribution is 6.09. The third-order valence-corrected chi connectivity index (χ3v) is 7.29. The minimum absolute atomic E-state index is 0.0577. The molecule has 0 unspecified atom stereocenters. The van der Waals surface area contributed by atoms with Gasteiger partial charge in [0.1, 0.15) is 6.04 Å². The minimum atomic E-state index is -0.722. The van der Waals surface area contributed by atoms with Crippen LogP contribution in [0.2, 0.25) is 0 Å². The third-order valence-electron chi connectivity index (χ3n) is 7.29. The first-order chi connectivity index (χ1) is 14.1. The number of hydrogen-bond acceptors (Lipinski definition) is 3. The first-order valence-corrected chi connectivity index (χ1v) is 11.0. The van der Waals surface area contributed by atoms with Gasteiger partial charge < -0.3 is 4.90 Å². The molecule has 1 aromatic carbocycles. The second-order valence-electron chi connectivity index (χ2n) is 8.99. The summed E-state index contributed by atoms with van der Waals surface area (Å²) in [5, 5.41) is 0. The van der Waals surface area contributed by atoms with Gasteiger partial charge in [0.25, 0.3) is 0 Å². The molecule has 0 N–H and O–H groups in total. The van der Waals surface area contributed by atoms with E-state index in [0.29, 0.717) is 6.42 Å². The highest BCUT2D eigenvalue weighted by Crippen LogP contribution is 2.53. The number of benzene rings is 1. The van der Waals surface area contributed by atoms with Crippen molar-refractivity contribution in [3.63, 3.8) is 0 Å². The van der Waals surface area contributed by atoms with Crippen LogP contribution in [0.5, 0.6) is 0 Å². The summed E-state index contributed by atoms with van der Waals surface area (Å²) in [6.45, 7) is 1.44. The number of nitrogens with zero attached hydrogens (tertiary/aromatic N) is 2. The Morgan fingerprint density at radius 1 is 0.897 bits per heavy atom. The summed E-state index contributed by atoms with van der Waals surface area (Å²) in [6.07, 6.45) is 9.75. The van der Waals surface area contributed by atoms with Crippen molar-refractivity contribution in [3.05, 3.63) is 48.0 Å². The van der Waals surface area contributed by atoms with Gasteiger partial charge in [-0.25, -0.2) is 0 Å². The van der Waals surface area contributed by atoms with Crippen molar-refractivity contribution in [1.82, 2.24) is 9.80 Å². The Balaban J connectivity index is 1.46. The fraction of sp³-hybridized carbons (Fsp3) is 0.542. The smallest absolute Gasteiger partial charge is 0.246 e. The molecule has 5 heteroatoms. The Morgan fingerprint density at radius 2 is 1.48 bits per heavy atom. The Hall–Kier alpha value is -2.43. The third kappa shape index (κ3) is 3.11. The number of hydrogen-bond donors (Lipinski definition) is 0. The lowest BCUT2D eigenvalue weighted by atomic mass is 9.85. The molecule has 5 rings (SSSR count). The normalized spacial score (nSPS) is 31.9. The Labute approximate surface area is 171 Å². The Bertz CT molecular complexity index is 811. The van der Waals surface area contributed by atoms with Crippen LogP contribution < -0.4 is 0 Å². The van der Waals surface area contributed by atoms with Crippen molar-refractivity contribution in [2.24, 2.45) is 23.7 Å². The predicted octanol–water partition coefficient (Wildman–Crippen LogP) is 2.81. The van der Waals surface area contributed by atoms with Crippen molar-refractivity contribution >= 4 is 17.7 Å². The maximum Gasteiger partial charge on any atom is 0.246 e. The Kier molecular flexibility index (Phi) is 4.76. The number of carbonyl (C=O) groups is 3. The average Bonchev–Trinajstić information content (AvgIpc) is 3.33. The first-order valence-electron chi connectivity index (χ1n) is 11.0. The molecule has 2 bridgehead atoms. The lowest BCUT2D eigenvalue weighted by Crippen LogP contribution is -2.53. The summed E-state index contributed by atoms with van der Waals surface area (Å²) >= 11 is 0. The molecule has 4 aliphatic rings. The van der Waals surface area contributed by atoms with E-state index in [1.165, 1.54) is 4.90 Å². The molecule has 5 nitrogen and oxygen atoms in total. The van der Waals surface area contributed by atoms with E-state index in [1.807, 2.05) is 35.2 Å². The van der Waals surface area contributed by atoms with Gasteiger partial charge in [0.15, 0.2) is 0 Å². The molecule has 1 saturated carbocycles. The number of carbonyl (C=O) groups excluding carboxylic acids is 3. The summed E-state index contributed by atoms with van der Waals surface area (Å²) in [5.74, 6) is -0.491. The van der Waals surface area contributed by atoms with Crippen molar-refractivity contribution in [1.29, 1.82) is 0 Å². The standard InChI is InChI=1S/C24H28N2O3/c27-22(25-12-6-1-2-7-13-25)19(14-16-8-4-3-5-9-16)26-23(28)20-17-10-11-18(15-17)21(20)24(26)29/h3-5,8-11,17-21H,1-2,6-7,12-15H2/t17-,18-,19-,20-,21+/m0/s1. The minimum Gasteiger partial charge on any atom is -0.341 e. The molecule has 2 aliphatic heterocycles. The van der Waals surface area contributed by atoms with Gasteiger partial charge in [0.05, 0.1) is 11.8 Å². The summed E-state index contributed by atoms with van der Waals surface area (Å²) in [6, 6.07) is 9.04. The van der Waals surface area contributed by atoms with E-state index in [-0.39, 0.29) is 41.4 Å². The summed E-state index contributed by atoms with van der Waals surface area (Å²) in [4.78, 5) is 43.6. The second-order valence-corrected chi connectivity index (χ2v) is 8.99. The Morgan fingerprint density at radius 3 is 2.07 bits per heavy atom. The number of amides is 3. The molecular weight excluding hydrogens is 364 g/mol. The molecule has 29 heavy (non-hydrogen) atoms. The van der Waals surface area contributed by atoms with Crippen LogP contribution >= 0.6 is 0 Å². The molecular formula is C24H28N2O3. The zero-order valence-corrected chi connectivity index (χ0v) is 16.7. The maximum atomic E-state index is 13.6. The number of imide groups is 1. The molecule has 2 aliphatic carbocycles. The molecule has 0 spiro atoms. The van der Waals surface area contributed by atoms with Crippen molar-refractivity contribution < 1.29 is 14.4 Å². The summed E-state index contributed by atoms with van der Waals surface area (Å²) < 4.78 is 0. The predicted molar refractivity (Wildman–Crippen MR) is 109 cm³/mol. The number of allylic oxidation sites excluding steroid dienone is 2. The van der Waals surface area contributed by atoms with E-state index < -0.39 is 6.04 Å². The molecule has 152 valence electrons. The molecule has 5 atom stereocenters. The largest absolute Gasteiger partial charge is 0.341 e. The average molecular weight is 392 g/mol. The molecule has 1 aromatic rings. The summed E-state index contributed by atoms with van der Waals surface area (Å²) in [7, 11) is 0. The van der Waals surface area contributed by atoms with E-state index in [1.54, 1.807) is 0 Å². The zero-order valence-electron chi connectivity index (χ0n) is 16.7. The molecule has 3 amide bonds. The van der Waals surface area contributed by atoms with Crippen molar-refractivity contribution in [3.8, 4) is 0 Å². The van der Waals surface area contributed by atoms with E-state index in [4.69, 9.17) is 0 Å². The van der Waals surface area contributed by atoms with Crippen LogP contribution in [0.15, 0.2) is 42.5 Å². The quantitative estimate of drug-likeness (QED) is 0.585. The fourth-order valence-corrected chi connectivity index (χ4v) is 5.86. The fourth-order valence-electron chi connectivity index (χ4n) is 5.86. The molecule has 2 heterocycles. The van der Waals surface area contributed by atoms with Crippen LogP contribution in [-0.2, 0) is 20.8 Å². The van der Waals surface area contributed by atoms with Crippen molar-refractivity contribution in [2.45, 2.75) is 44.6 Å². The monoisotopic (exact) mass is 392 g/mol. The van der Waals surface area contributed by atoms with Crippen LogP contribution in [0.25, 0.3) is 0 Å². The highest BCUT2D eigenvalue weighted by atomic mass is 16.2. The van der Waals surface area contributed by atoms with Gasteiger partial charge in [-0.3, -0.25) is 19.3 Å². The number of rotatable bonds is 4. The first kappa shape index (κ1) is 18.6. The van der Waals surface area contributed by atoms with Crippen LogP contribution in [-0.4, -0.2) is 46.7 Å². The van der Waals surface area contributed by atoms with Crippen LogP contribution in [0.4, 0.5) is 0 Å². The molecule has 0 aromatic heterocycles.